The number of non-ortho nitro benzene ring substituents is 1. The quantitative estimate of drug-likeness (QED) is 0.0798. The van der Waals surface area contributed by atoms with Crippen LogP contribution in [0.3, 0.4) is 0 Å². The number of para-hydroxylation sites is 2. The van der Waals surface area contributed by atoms with E-state index in [2.05, 4.69) is 55.7 Å². The topological polar surface area (TPSA) is 138 Å². The lowest BCUT2D eigenvalue weighted by atomic mass is 9.76. The maximum absolute atomic E-state index is 13.5. The number of ether oxygens (including phenoxy) is 3. The van der Waals surface area contributed by atoms with Crippen molar-refractivity contribution in [2.75, 3.05) is 24.0 Å². The molecule has 12 nitrogen and oxygen atoms in total. The Morgan fingerprint density at radius 3 is 1.94 bits per heavy atom. The predicted molar refractivity (Wildman–Crippen MR) is 247 cm³/mol. The summed E-state index contributed by atoms with van der Waals surface area (Å²) in [5, 5.41) is 22.7. The molecule has 3 heterocycles. The van der Waals surface area contributed by atoms with E-state index in [4.69, 9.17) is 14.2 Å². The number of nitro groups is 2. The van der Waals surface area contributed by atoms with Crippen LogP contribution in [0.2, 0.25) is 0 Å². The maximum atomic E-state index is 13.5. The number of methoxy groups -OCH3 is 2. The van der Waals surface area contributed by atoms with E-state index in [0.717, 1.165) is 45.4 Å². The summed E-state index contributed by atoms with van der Waals surface area (Å²) in [5.74, 6) is -0.325. The Labute approximate surface area is 380 Å². The molecule has 336 valence electrons. The molecule has 0 amide bonds. The fraction of sp³-hybridized carbons (Fsp3) is 0.212. The van der Waals surface area contributed by atoms with Crippen molar-refractivity contribution in [3.63, 3.8) is 0 Å². The number of carbonyl (C=O) groups is 1. The molecule has 0 fully saturated rings. The van der Waals surface area contributed by atoms with E-state index >= 15 is 0 Å². The Balaban J connectivity index is 0.000000179. The van der Waals surface area contributed by atoms with Gasteiger partial charge in [-0.3, -0.25) is 25.0 Å². The Morgan fingerprint density at radius 2 is 1.33 bits per heavy atom. The van der Waals surface area contributed by atoms with Gasteiger partial charge in [-0.15, -0.1) is 0 Å². The van der Waals surface area contributed by atoms with Crippen molar-refractivity contribution in [2.24, 2.45) is 0 Å². The number of halogens is 2. The summed E-state index contributed by atoms with van der Waals surface area (Å²) in [4.78, 5) is 38.7. The van der Waals surface area contributed by atoms with Crippen molar-refractivity contribution >= 4 is 28.9 Å². The molecule has 1 unspecified atom stereocenters. The molecule has 4 aliphatic rings. The van der Waals surface area contributed by atoms with Gasteiger partial charge in [-0.2, -0.15) is 0 Å². The van der Waals surface area contributed by atoms with Crippen LogP contribution in [-0.2, 0) is 33.5 Å². The molecule has 1 atom stereocenters. The molecule has 5 aromatic carbocycles. The molecule has 1 aliphatic carbocycles. The molecule has 0 aromatic heterocycles. The van der Waals surface area contributed by atoms with E-state index < -0.39 is 26.8 Å². The van der Waals surface area contributed by atoms with E-state index in [1.165, 1.54) is 56.7 Å². The summed E-state index contributed by atoms with van der Waals surface area (Å²) in [6.45, 7) is 9.39. The molecule has 66 heavy (non-hydrogen) atoms. The van der Waals surface area contributed by atoms with Crippen molar-refractivity contribution in [1.82, 2.24) is 0 Å². The van der Waals surface area contributed by atoms with Gasteiger partial charge in [0.25, 0.3) is 11.4 Å². The first kappa shape index (κ1) is 44.7. The molecule has 3 aliphatic heterocycles. The lowest BCUT2D eigenvalue weighted by Gasteiger charge is -2.47. The van der Waals surface area contributed by atoms with Gasteiger partial charge in [0.15, 0.2) is 17.3 Å². The summed E-state index contributed by atoms with van der Waals surface area (Å²) in [6, 6.07) is 31.8. The Bertz CT molecular complexity index is 2940. The second-order valence-corrected chi connectivity index (χ2v) is 17.2. The summed E-state index contributed by atoms with van der Waals surface area (Å²) >= 11 is 0. The minimum absolute atomic E-state index is 0.0630. The number of anilines is 2. The molecule has 0 bridgehead atoms. The second-order valence-electron chi connectivity index (χ2n) is 17.2. The van der Waals surface area contributed by atoms with Crippen LogP contribution in [0.25, 0.3) is 6.08 Å². The molecule has 5 aromatic rings. The third-order valence-corrected chi connectivity index (χ3v) is 12.6. The summed E-state index contributed by atoms with van der Waals surface area (Å²) in [7, 11) is 2.78. The van der Waals surface area contributed by atoms with Gasteiger partial charge in [0.05, 0.1) is 41.6 Å². The number of rotatable bonds is 9. The second kappa shape index (κ2) is 17.3. The highest BCUT2D eigenvalue weighted by molar-refractivity contribution is 6.10. The van der Waals surface area contributed by atoms with Crippen molar-refractivity contribution in [2.45, 2.75) is 57.3 Å². The molecule has 0 N–H and O–H groups in total. The van der Waals surface area contributed by atoms with Crippen molar-refractivity contribution in [3.05, 3.63) is 222 Å². The van der Waals surface area contributed by atoms with E-state index in [1.807, 2.05) is 48.6 Å². The first-order chi connectivity index (χ1) is 31.5. The van der Waals surface area contributed by atoms with Gasteiger partial charge >= 0.3 is 0 Å². The van der Waals surface area contributed by atoms with Crippen LogP contribution in [0.15, 0.2) is 162 Å². The fourth-order valence-corrected chi connectivity index (χ4v) is 9.14. The van der Waals surface area contributed by atoms with Crippen LogP contribution in [0.1, 0.15) is 55.5 Å². The highest BCUT2D eigenvalue weighted by atomic mass is 19.1. The number of allylic oxidation sites excluding steroid dienone is 6. The average Bonchev–Trinajstić information content (AvgIpc) is 3.62. The lowest BCUT2D eigenvalue weighted by molar-refractivity contribution is -0.419. The minimum atomic E-state index is -0.929. The van der Waals surface area contributed by atoms with Crippen LogP contribution in [0.4, 0.5) is 25.8 Å². The van der Waals surface area contributed by atoms with Crippen LogP contribution in [-0.4, -0.2) is 35.6 Å². The molecule has 14 heteroatoms. The Kier molecular flexibility index (Phi) is 11.7. The van der Waals surface area contributed by atoms with E-state index in [1.54, 1.807) is 30.3 Å². The van der Waals surface area contributed by atoms with Crippen LogP contribution in [0.5, 0.6) is 11.5 Å². The number of nitrogens with zero attached hydrogens (tertiary/aromatic N) is 4. The molecule has 1 spiro atoms. The largest absolute Gasteiger partial charge is 0.493 e. The fourth-order valence-electron chi connectivity index (χ4n) is 9.14. The van der Waals surface area contributed by atoms with Gasteiger partial charge in [-0.1, -0.05) is 74.5 Å². The van der Waals surface area contributed by atoms with Crippen molar-refractivity contribution in [1.29, 1.82) is 0 Å². The van der Waals surface area contributed by atoms with Crippen molar-refractivity contribution in [3.8, 4) is 11.5 Å². The van der Waals surface area contributed by atoms with Gasteiger partial charge in [0.1, 0.15) is 11.6 Å². The normalized spacial score (nSPS) is 19.5. The number of Topliss-reactive ketones (excluding diaryl/α,β-unsaturated/α-hetero) is 1. The minimum Gasteiger partial charge on any atom is -0.493 e. The van der Waals surface area contributed by atoms with Crippen LogP contribution < -0.4 is 19.3 Å². The van der Waals surface area contributed by atoms with Gasteiger partial charge in [-0.05, 0) is 96.8 Å². The van der Waals surface area contributed by atoms with Gasteiger partial charge in [-0.25, -0.2) is 8.78 Å². The molecular formula is C52H46F2N4O8. The monoisotopic (exact) mass is 892 g/mol. The summed E-state index contributed by atoms with van der Waals surface area (Å²) in [6.07, 6.45) is 9.62. The first-order valence-corrected chi connectivity index (χ1v) is 21.1. The third kappa shape index (κ3) is 7.88. The highest BCUT2D eigenvalue weighted by Gasteiger charge is 2.59. The number of carbonyl (C=O) groups excluding carboxylic acids is 1. The van der Waals surface area contributed by atoms with E-state index in [9.17, 15) is 33.8 Å². The Morgan fingerprint density at radius 1 is 0.727 bits per heavy atom. The first-order valence-electron chi connectivity index (χ1n) is 21.1. The summed E-state index contributed by atoms with van der Waals surface area (Å²) < 4.78 is 44.3. The smallest absolute Gasteiger partial charge is 0.274 e. The molecule has 0 saturated heterocycles. The van der Waals surface area contributed by atoms with Gasteiger partial charge in [0, 0.05) is 58.9 Å². The van der Waals surface area contributed by atoms with Gasteiger partial charge < -0.3 is 24.0 Å². The van der Waals surface area contributed by atoms with E-state index in [0.29, 0.717) is 30.2 Å². The SMILES string of the molecule is COC1=CC([N+](=O)[O-])=C/C(=C/C=C2\N(Cc3ccc(F)cc3)c3ccccc3C2(C)C)C1=O.COc1cc([N+](=O)[O-])cc2c1OC1(C=C2)N(Cc2ccc(F)cc2)c2ccccc2C1(C)C. The zero-order valence-corrected chi connectivity index (χ0v) is 37.1. The maximum Gasteiger partial charge on any atom is 0.274 e. The van der Waals surface area contributed by atoms with Crippen LogP contribution >= 0.6 is 0 Å². The highest BCUT2D eigenvalue weighted by Crippen LogP contribution is 2.57. The van der Waals surface area contributed by atoms with E-state index in [-0.39, 0.29) is 39.8 Å². The molecule has 0 radical (unpaired) electrons. The zero-order chi connectivity index (χ0) is 47.1. The Hall–Kier alpha value is -7.87. The molecule has 0 saturated carbocycles. The molecular weight excluding hydrogens is 847 g/mol. The standard InChI is InChI=1S/2C26H23FN2O4/c1-25(2)21-6-4-5-7-22(21)28(16-17-8-10-19(27)11-9-17)26(25)13-12-18-14-20(29(30)31)15-23(32-3)24(18)33-26;1-26(2)21-6-4-5-7-22(21)28(16-17-8-11-19(27)12-9-17)24(26)13-10-18-14-20(29(31)32)15-23(33-3)25(18)30/h2*4-15H,16H2,1-3H3/b;18-10-,24-13-. The predicted octanol–water partition coefficient (Wildman–Crippen LogP) is 11.0. The number of hydrogen-bond donors (Lipinski definition) is 0. The zero-order valence-electron chi connectivity index (χ0n) is 37.1. The third-order valence-electron chi connectivity index (χ3n) is 12.6. The number of ketones is 1. The average molecular weight is 893 g/mol. The van der Waals surface area contributed by atoms with Crippen molar-refractivity contribution < 1.29 is 37.6 Å². The number of benzene rings is 5. The molecule has 9 rings (SSSR count). The van der Waals surface area contributed by atoms with Crippen LogP contribution in [0, 0.1) is 31.9 Å². The lowest BCUT2D eigenvalue weighted by Crippen LogP contribution is -2.59. The number of nitro benzene ring substituents is 1. The van der Waals surface area contributed by atoms with Gasteiger partial charge in [0.2, 0.25) is 11.5 Å². The number of fused-ring (bicyclic) bond motifs is 3. The number of hydrogen-bond acceptors (Lipinski definition) is 10. The summed E-state index contributed by atoms with van der Waals surface area (Å²) in [5.41, 5.74) is 5.71.